The van der Waals surface area contributed by atoms with Crippen LogP contribution >= 0.6 is 0 Å². The zero-order valence-corrected chi connectivity index (χ0v) is 25.9. The summed E-state index contributed by atoms with van der Waals surface area (Å²) in [7, 11) is 0. The summed E-state index contributed by atoms with van der Waals surface area (Å²) in [4.78, 5) is 50.9. The smallest absolute Gasteiger partial charge is 0.331 e. The molecule has 0 aromatic heterocycles. The van der Waals surface area contributed by atoms with Gasteiger partial charge in [0.1, 0.15) is 18.3 Å². The zero-order chi connectivity index (χ0) is 31.7. The van der Waals surface area contributed by atoms with Crippen LogP contribution in [-0.4, -0.2) is 48.3 Å². The third kappa shape index (κ3) is 5.84. The lowest BCUT2D eigenvalue weighted by atomic mass is 9.58. The van der Waals surface area contributed by atoms with E-state index in [9.17, 15) is 19.2 Å². The van der Waals surface area contributed by atoms with Crippen LogP contribution in [0.5, 0.6) is 0 Å². The Bertz CT molecular complexity index is 1370. The molecule has 3 aliphatic carbocycles. The molecule has 43 heavy (non-hydrogen) atoms. The molecule has 2 saturated carbocycles. The van der Waals surface area contributed by atoms with Gasteiger partial charge >= 0.3 is 23.9 Å². The Morgan fingerprint density at radius 3 is 2.07 bits per heavy atom. The molecule has 4 rings (SSSR count). The van der Waals surface area contributed by atoms with Crippen molar-refractivity contribution >= 4 is 30.0 Å². The fourth-order valence-electron chi connectivity index (χ4n) is 7.86. The average molecular weight is 591 g/mol. The Balaban J connectivity index is 1.83. The van der Waals surface area contributed by atoms with Crippen molar-refractivity contribution < 1.29 is 38.1 Å². The highest BCUT2D eigenvalue weighted by molar-refractivity contribution is 5.87. The van der Waals surface area contributed by atoms with Gasteiger partial charge in [-0.2, -0.15) is 0 Å². The molecule has 1 aromatic carbocycles. The first-order chi connectivity index (χ1) is 20.2. The van der Waals surface area contributed by atoms with E-state index in [1.807, 2.05) is 51.1 Å². The van der Waals surface area contributed by atoms with Crippen LogP contribution in [0, 0.1) is 22.7 Å². The average Bonchev–Trinajstić information content (AvgIpc) is 3.22. The molecule has 1 aromatic rings. The minimum absolute atomic E-state index is 0.0959. The molecule has 8 nitrogen and oxygen atoms in total. The molecule has 0 saturated heterocycles. The molecule has 0 amide bonds. The number of hydrogen-bond donors (Lipinski definition) is 0. The van der Waals surface area contributed by atoms with E-state index < -0.39 is 65.0 Å². The molecule has 0 N–H and O–H groups in total. The highest BCUT2D eigenvalue weighted by Crippen LogP contribution is 2.64. The minimum atomic E-state index is -1.08. The first-order valence-corrected chi connectivity index (χ1v) is 14.7. The van der Waals surface area contributed by atoms with Gasteiger partial charge in [0.2, 0.25) is 0 Å². The number of fused-ring (bicyclic) bond motifs is 2. The summed E-state index contributed by atoms with van der Waals surface area (Å²) in [5, 5.41) is 0. The Kier molecular flexibility index (Phi) is 9.19. The van der Waals surface area contributed by atoms with Gasteiger partial charge in [-0.05, 0) is 55.7 Å². The Hall–Kier alpha value is -3.94. The molecule has 8 heteroatoms. The second-order valence-corrected chi connectivity index (χ2v) is 12.3. The van der Waals surface area contributed by atoms with E-state index >= 15 is 0 Å². The van der Waals surface area contributed by atoms with Gasteiger partial charge in [0.25, 0.3) is 0 Å². The summed E-state index contributed by atoms with van der Waals surface area (Å²) in [5.41, 5.74) is 1.31. The van der Waals surface area contributed by atoms with Gasteiger partial charge in [-0.1, -0.05) is 67.6 Å². The van der Waals surface area contributed by atoms with E-state index in [4.69, 9.17) is 18.9 Å². The van der Waals surface area contributed by atoms with E-state index in [0.29, 0.717) is 18.4 Å². The molecular weight excluding hydrogens is 548 g/mol. The minimum Gasteiger partial charge on any atom is -0.462 e. The van der Waals surface area contributed by atoms with Crippen LogP contribution in [0.25, 0.3) is 6.08 Å². The molecule has 230 valence electrons. The van der Waals surface area contributed by atoms with E-state index in [1.165, 1.54) is 26.8 Å². The summed E-state index contributed by atoms with van der Waals surface area (Å²) < 4.78 is 24.1. The number of benzene rings is 1. The maximum atomic E-state index is 13.0. The third-order valence-electron chi connectivity index (χ3n) is 9.67. The molecule has 0 radical (unpaired) electrons. The van der Waals surface area contributed by atoms with Gasteiger partial charge in [-0.15, -0.1) is 0 Å². The van der Waals surface area contributed by atoms with Crippen LogP contribution in [0.15, 0.2) is 72.4 Å². The predicted molar refractivity (Wildman–Crippen MR) is 161 cm³/mol. The summed E-state index contributed by atoms with van der Waals surface area (Å²) in [6, 6.07) is 9.38. The molecule has 2 fully saturated rings. The number of ether oxygens (including phenoxy) is 4. The topological polar surface area (TPSA) is 105 Å². The fourth-order valence-corrected chi connectivity index (χ4v) is 7.86. The Labute approximate surface area is 253 Å². The van der Waals surface area contributed by atoms with Crippen molar-refractivity contribution in [3.8, 4) is 0 Å². The van der Waals surface area contributed by atoms with Crippen molar-refractivity contribution in [2.75, 3.05) is 0 Å². The number of carbonyl (C=O) groups is 4. The van der Waals surface area contributed by atoms with E-state index in [0.717, 1.165) is 16.7 Å². The van der Waals surface area contributed by atoms with Gasteiger partial charge in [0, 0.05) is 33.3 Å². The number of carbonyl (C=O) groups excluding carboxylic acids is 4. The fraction of sp³-hybridized carbons (Fsp3) is 0.486. The lowest BCUT2D eigenvalue weighted by molar-refractivity contribution is -0.211. The molecule has 8 atom stereocenters. The molecule has 0 spiro atoms. The van der Waals surface area contributed by atoms with Gasteiger partial charge < -0.3 is 18.9 Å². The van der Waals surface area contributed by atoms with Crippen LogP contribution in [0.2, 0.25) is 0 Å². The normalized spacial score (nSPS) is 33.3. The summed E-state index contributed by atoms with van der Waals surface area (Å²) in [6.45, 7) is 18.5. The first kappa shape index (κ1) is 32.0. The highest BCUT2D eigenvalue weighted by atomic mass is 16.6. The zero-order valence-electron chi connectivity index (χ0n) is 25.9. The van der Waals surface area contributed by atoms with Gasteiger partial charge in [0.15, 0.2) is 6.10 Å². The van der Waals surface area contributed by atoms with Crippen LogP contribution in [0.1, 0.15) is 66.4 Å². The lowest BCUT2D eigenvalue weighted by Crippen LogP contribution is -2.62. The second-order valence-electron chi connectivity index (χ2n) is 12.3. The number of rotatable bonds is 7. The highest BCUT2D eigenvalue weighted by Gasteiger charge is 2.68. The molecule has 3 aliphatic rings. The molecule has 0 heterocycles. The van der Waals surface area contributed by atoms with Gasteiger partial charge in [-0.25, -0.2) is 4.79 Å². The van der Waals surface area contributed by atoms with Crippen LogP contribution in [0.3, 0.4) is 0 Å². The molecule has 1 unspecified atom stereocenters. The summed E-state index contributed by atoms with van der Waals surface area (Å²) in [6.07, 6.45) is 2.84. The predicted octanol–water partition coefficient (Wildman–Crippen LogP) is 5.92. The van der Waals surface area contributed by atoms with Crippen molar-refractivity contribution in [1.82, 2.24) is 0 Å². The quantitative estimate of drug-likeness (QED) is 0.167. The Morgan fingerprint density at radius 1 is 0.884 bits per heavy atom. The van der Waals surface area contributed by atoms with Gasteiger partial charge in [0.05, 0.1) is 10.8 Å². The van der Waals surface area contributed by atoms with Crippen molar-refractivity contribution in [3.63, 3.8) is 0 Å². The second kappa shape index (κ2) is 12.3. The number of esters is 4. The number of hydrogen-bond acceptors (Lipinski definition) is 8. The molecule has 0 bridgehead atoms. The maximum Gasteiger partial charge on any atom is 0.331 e. The summed E-state index contributed by atoms with van der Waals surface area (Å²) in [5.74, 6) is -2.72. The Morgan fingerprint density at radius 2 is 1.49 bits per heavy atom. The van der Waals surface area contributed by atoms with Crippen molar-refractivity contribution in [2.45, 2.75) is 85.2 Å². The van der Waals surface area contributed by atoms with Crippen molar-refractivity contribution in [1.29, 1.82) is 0 Å². The van der Waals surface area contributed by atoms with Crippen LogP contribution < -0.4 is 0 Å². The van der Waals surface area contributed by atoms with E-state index in [2.05, 4.69) is 19.2 Å². The maximum absolute atomic E-state index is 13.0. The van der Waals surface area contributed by atoms with Crippen LogP contribution in [-0.2, 0) is 38.1 Å². The summed E-state index contributed by atoms with van der Waals surface area (Å²) >= 11 is 0. The third-order valence-corrected chi connectivity index (χ3v) is 9.67. The molecular formula is C35H42O8. The lowest BCUT2D eigenvalue weighted by Gasteiger charge is -2.53. The molecule has 0 aliphatic heterocycles. The SMILES string of the molecule is C=C1[C@@H](OC(=O)/C=C/c2ccccc2)C[C@H](OC(C)=O)[C@]2(C)[C@@H]1CC1CC=C(C)[C@@]1(C(=C)C)[C@@H](OC(C)=O)[C@@H]2OC(C)=O. The van der Waals surface area contributed by atoms with Gasteiger partial charge in [-0.3, -0.25) is 14.4 Å². The van der Waals surface area contributed by atoms with Crippen LogP contribution in [0.4, 0.5) is 0 Å². The van der Waals surface area contributed by atoms with Crippen molar-refractivity contribution in [2.24, 2.45) is 22.7 Å². The van der Waals surface area contributed by atoms with Crippen molar-refractivity contribution in [3.05, 3.63) is 77.9 Å². The van der Waals surface area contributed by atoms with E-state index in [1.54, 1.807) is 6.08 Å². The number of allylic oxidation sites excluding steroid dienone is 1. The monoisotopic (exact) mass is 590 g/mol. The largest absolute Gasteiger partial charge is 0.462 e. The van der Waals surface area contributed by atoms with E-state index in [-0.39, 0.29) is 12.3 Å². The standard InChI is InChI=1S/C35H42O8/c1-20(2)35-21(3)14-16-27(35)18-28-22(4)29(43-31(39)17-15-26-12-10-9-11-13-26)19-30(40-23(5)36)34(28,8)32(41-24(6)37)33(35)42-25(7)38/h9-15,17,27-30,32-33H,1,4,16,18-19H2,2-3,5-8H3/b17-15+/t27?,28-,29+,30+,32+,33+,34+,35-/m1/s1. The first-order valence-electron chi connectivity index (χ1n) is 14.7.